The molecule has 0 amide bonds. The Bertz CT molecular complexity index is 91.5. The Morgan fingerprint density at radius 2 is 1.56 bits per heavy atom. The molecule has 0 heterocycles. The average Bonchev–Trinajstić information content (AvgIpc) is 1.62. The van der Waals surface area contributed by atoms with E-state index >= 15 is 0 Å². The first-order valence-electron chi connectivity index (χ1n) is 1.84. The van der Waals surface area contributed by atoms with E-state index in [0.29, 0.717) is 0 Å². The smallest absolute Gasteiger partial charge is 0.170 e. The van der Waals surface area contributed by atoms with E-state index in [2.05, 4.69) is 31.9 Å². The first-order chi connectivity index (χ1) is 3.85. The number of rotatable bonds is 1. The minimum Gasteiger partial charge on any atom is -0.170 e. The van der Waals surface area contributed by atoms with Crippen molar-refractivity contribution >= 4 is 43.5 Å². The fraction of sp³-hybridized carbons (Fsp3) is 1.00. The Labute approximate surface area is 72.0 Å². The molecule has 9 heavy (non-hydrogen) atoms. The molecule has 0 nitrogen and oxygen atoms in total. The minimum atomic E-state index is -4.28. The third kappa shape index (κ3) is 3.68. The molecule has 0 aliphatic heterocycles. The number of alkyl halides is 6. The van der Waals surface area contributed by atoms with Crippen LogP contribution in [0.5, 0.6) is 0 Å². The van der Waals surface area contributed by atoms with Crippen LogP contribution in [0, 0.1) is 0 Å². The molecule has 0 aliphatic rings. The lowest BCUT2D eigenvalue weighted by Gasteiger charge is -2.13. The van der Waals surface area contributed by atoms with Gasteiger partial charge in [-0.3, -0.25) is 0 Å². The van der Waals surface area contributed by atoms with Gasteiger partial charge in [0, 0.05) is 0 Å². The Morgan fingerprint density at radius 3 is 1.56 bits per heavy atom. The summed E-state index contributed by atoms with van der Waals surface area (Å²) in [5.74, 6) is 0. The maximum absolute atomic E-state index is 11.5. The predicted octanol–water partition coefficient (Wildman–Crippen LogP) is 3.27. The van der Waals surface area contributed by atoms with Gasteiger partial charge >= 0.3 is 6.18 Å². The van der Waals surface area contributed by atoms with Crippen molar-refractivity contribution in [2.75, 3.05) is 0 Å². The van der Waals surface area contributed by atoms with Crippen molar-refractivity contribution < 1.29 is 13.2 Å². The number of halogens is 6. The van der Waals surface area contributed by atoms with E-state index in [9.17, 15) is 13.2 Å². The molecular formula is C3H2Br2ClF3. The van der Waals surface area contributed by atoms with E-state index in [4.69, 9.17) is 11.6 Å². The highest BCUT2D eigenvalue weighted by atomic mass is 79.9. The van der Waals surface area contributed by atoms with Crippen LogP contribution in [0.1, 0.15) is 0 Å². The topological polar surface area (TPSA) is 0 Å². The van der Waals surface area contributed by atoms with Crippen molar-refractivity contribution in [3.05, 3.63) is 0 Å². The monoisotopic (exact) mass is 288 g/mol. The lowest BCUT2D eigenvalue weighted by atomic mass is 10.5. The lowest BCUT2D eigenvalue weighted by molar-refractivity contribution is -0.124. The predicted molar refractivity (Wildman–Crippen MR) is 37.3 cm³/mol. The molecule has 0 aromatic carbocycles. The fourth-order valence-corrected chi connectivity index (χ4v) is 0.585. The molecule has 0 N–H and O–H groups in total. The molecule has 0 saturated heterocycles. The standard InChI is InChI=1S/C3H2Br2ClF3/c4-1(2(5)6)3(7,8)9/h1-2H/t1-,2-/m1/s1. The summed E-state index contributed by atoms with van der Waals surface area (Å²) in [5.41, 5.74) is 0. The molecule has 0 radical (unpaired) electrons. The fourth-order valence-electron chi connectivity index (χ4n) is 0.143. The van der Waals surface area contributed by atoms with Crippen LogP contribution in [0.15, 0.2) is 0 Å². The SMILES string of the molecule is FC(F)(F)[C@H](Br)[C@@H](Cl)Br. The maximum Gasteiger partial charge on any atom is 0.403 e. The quantitative estimate of drug-likeness (QED) is 0.650. The van der Waals surface area contributed by atoms with Crippen LogP contribution >= 0.6 is 43.5 Å². The molecule has 0 rings (SSSR count). The van der Waals surface area contributed by atoms with Crippen molar-refractivity contribution in [1.82, 2.24) is 0 Å². The van der Waals surface area contributed by atoms with Crippen LogP contribution in [0.2, 0.25) is 0 Å². The maximum atomic E-state index is 11.5. The third-order valence-corrected chi connectivity index (χ3v) is 3.38. The van der Waals surface area contributed by atoms with Crippen LogP contribution in [-0.4, -0.2) is 15.3 Å². The second-order valence-electron chi connectivity index (χ2n) is 1.28. The zero-order valence-corrected chi connectivity index (χ0v) is 7.85. The summed E-state index contributed by atoms with van der Waals surface area (Å²) in [5, 5.41) is 0. The summed E-state index contributed by atoms with van der Waals surface area (Å²) in [4.78, 5) is -1.69. The molecule has 0 bridgehead atoms. The molecule has 0 saturated carbocycles. The molecule has 0 unspecified atom stereocenters. The Morgan fingerprint density at radius 1 is 1.22 bits per heavy atom. The highest BCUT2D eigenvalue weighted by molar-refractivity contribution is 9.12. The van der Waals surface area contributed by atoms with Gasteiger partial charge in [-0.05, 0) is 0 Å². The summed E-state index contributed by atoms with van der Waals surface area (Å²) in [7, 11) is 0. The summed E-state index contributed by atoms with van der Waals surface area (Å²) in [6.07, 6.45) is -4.28. The highest BCUT2D eigenvalue weighted by Gasteiger charge is 2.41. The average molecular weight is 290 g/mol. The molecule has 0 aromatic rings. The van der Waals surface area contributed by atoms with Crippen molar-refractivity contribution in [2.24, 2.45) is 0 Å². The van der Waals surface area contributed by atoms with Gasteiger partial charge in [-0.2, -0.15) is 13.2 Å². The Hall–Kier alpha value is 1.04. The largest absolute Gasteiger partial charge is 0.403 e. The van der Waals surface area contributed by atoms with E-state index in [1.54, 1.807) is 0 Å². The second-order valence-corrected chi connectivity index (χ2v) is 4.25. The van der Waals surface area contributed by atoms with Gasteiger partial charge in [-0.25, -0.2) is 0 Å². The van der Waals surface area contributed by atoms with E-state index in [1.807, 2.05) is 0 Å². The van der Waals surface area contributed by atoms with E-state index in [1.165, 1.54) is 0 Å². The van der Waals surface area contributed by atoms with Crippen LogP contribution in [0.3, 0.4) is 0 Å². The summed E-state index contributed by atoms with van der Waals surface area (Å²) in [6, 6.07) is 0. The van der Waals surface area contributed by atoms with Crippen LogP contribution < -0.4 is 0 Å². The van der Waals surface area contributed by atoms with Gasteiger partial charge in [0.1, 0.15) is 9.11 Å². The van der Waals surface area contributed by atoms with Gasteiger partial charge in [-0.1, -0.05) is 31.9 Å². The zero-order chi connectivity index (χ0) is 7.65. The number of hydrogen-bond acceptors (Lipinski definition) is 0. The minimum absolute atomic E-state index is 1.11. The van der Waals surface area contributed by atoms with Crippen LogP contribution in [0.25, 0.3) is 0 Å². The summed E-state index contributed by atoms with van der Waals surface area (Å²) in [6.45, 7) is 0. The first kappa shape index (κ1) is 10.0. The molecular weight excluding hydrogens is 288 g/mol. The first-order valence-corrected chi connectivity index (χ1v) is 4.11. The van der Waals surface area contributed by atoms with Gasteiger partial charge in [0.25, 0.3) is 0 Å². The van der Waals surface area contributed by atoms with Gasteiger partial charge in [0.05, 0.1) is 0 Å². The molecule has 0 fully saturated rings. The highest BCUT2D eigenvalue weighted by Crippen LogP contribution is 2.33. The molecule has 0 aliphatic carbocycles. The molecule has 2 atom stereocenters. The van der Waals surface area contributed by atoms with Crippen LogP contribution in [-0.2, 0) is 0 Å². The third-order valence-electron chi connectivity index (χ3n) is 0.534. The normalized spacial score (nSPS) is 19.3. The van der Waals surface area contributed by atoms with Crippen molar-refractivity contribution in [3.63, 3.8) is 0 Å². The Balaban J connectivity index is 3.88. The van der Waals surface area contributed by atoms with Crippen molar-refractivity contribution in [3.8, 4) is 0 Å². The van der Waals surface area contributed by atoms with Gasteiger partial charge in [0.2, 0.25) is 0 Å². The summed E-state index contributed by atoms with van der Waals surface area (Å²) < 4.78 is 33.5. The molecule has 56 valence electrons. The van der Waals surface area contributed by atoms with Crippen molar-refractivity contribution in [2.45, 2.75) is 15.3 Å². The number of hydrogen-bond donors (Lipinski definition) is 0. The molecule has 6 heteroatoms. The van der Waals surface area contributed by atoms with Gasteiger partial charge < -0.3 is 0 Å². The zero-order valence-electron chi connectivity index (χ0n) is 3.92. The van der Waals surface area contributed by atoms with E-state index < -0.39 is 15.3 Å². The molecule has 0 spiro atoms. The molecule has 0 aromatic heterocycles. The van der Waals surface area contributed by atoms with Gasteiger partial charge in [-0.15, -0.1) is 11.6 Å². The van der Waals surface area contributed by atoms with Crippen molar-refractivity contribution in [1.29, 1.82) is 0 Å². The van der Waals surface area contributed by atoms with E-state index in [-0.39, 0.29) is 0 Å². The van der Waals surface area contributed by atoms with Gasteiger partial charge in [0.15, 0.2) is 0 Å². The second kappa shape index (κ2) is 3.44. The lowest BCUT2D eigenvalue weighted by Crippen LogP contribution is -2.27. The van der Waals surface area contributed by atoms with E-state index in [0.717, 1.165) is 0 Å². The summed E-state index contributed by atoms with van der Waals surface area (Å²) >= 11 is 10.00. The Kier molecular flexibility index (Phi) is 3.83. The van der Waals surface area contributed by atoms with Crippen LogP contribution in [0.4, 0.5) is 13.2 Å².